The van der Waals surface area contributed by atoms with Gasteiger partial charge in [0.05, 0.1) is 19.3 Å². The smallest absolute Gasteiger partial charge is 0.408 e. The Hall–Kier alpha value is -2.13. The van der Waals surface area contributed by atoms with Crippen LogP contribution in [0.4, 0.5) is 4.79 Å². The van der Waals surface area contributed by atoms with Crippen LogP contribution >= 0.6 is 0 Å². The van der Waals surface area contributed by atoms with Crippen LogP contribution in [0.1, 0.15) is 67.2 Å². The van der Waals surface area contributed by atoms with E-state index in [1.807, 2.05) is 0 Å². The predicted molar refractivity (Wildman–Crippen MR) is 141 cm³/mol. The van der Waals surface area contributed by atoms with Crippen LogP contribution in [-0.4, -0.2) is 68.1 Å². The molecule has 2 amide bonds. The van der Waals surface area contributed by atoms with Gasteiger partial charge in [-0.05, 0) is 58.2 Å². The molecule has 35 heavy (non-hydrogen) atoms. The molecule has 1 aliphatic rings. The van der Waals surface area contributed by atoms with E-state index in [0.29, 0.717) is 19.3 Å². The fourth-order valence-corrected chi connectivity index (χ4v) is 5.24. The van der Waals surface area contributed by atoms with Crippen molar-refractivity contribution in [1.29, 1.82) is 0 Å². The molecule has 4 atom stereocenters. The predicted octanol–water partition coefficient (Wildman–Crippen LogP) is 4.95. The third kappa shape index (κ3) is 8.49. The molecule has 0 spiro atoms. The minimum Gasteiger partial charge on any atom is -0.467 e. The van der Waals surface area contributed by atoms with Gasteiger partial charge in [0.2, 0.25) is 5.91 Å². The van der Waals surface area contributed by atoms with E-state index in [-0.39, 0.29) is 29.5 Å². The molecular weight excluding hydrogens is 464 g/mol. The first kappa shape index (κ1) is 30.9. The molecule has 0 aromatic rings. The maximum atomic E-state index is 13.9. The Bertz CT molecular complexity index is 784. The minimum atomic E-state index is -2.21. The van der Waals surface area contributed by atoms with Crippen LogP contribution in [0, 0.1) is 0 Å². The van der Waals surface area contributed by atoms with Gasteiger partial charge in [-0.2, -0.15) is 0 Å². The zero-order valence-electron chi connectivity index (χ0n) is 23.1. The van der Waals surface area contributed by atoms with Crippen LogP contribution in [0.25, 0.3) is 0 Å². The van der Waals surface area contributed by atoms with Crippen molar-refractivity contribution in [2.45, 2.75) is 115 Å². The van der Waals surface area contributed by atoms with Crippen LogP contribution in [-0.2, 0) is 23.5 Å². The van der Waals surface area contributed by atoms with Crippen LogP contribution in [0.3, 0.4) is 0 Å². The standard InChI is InChI=1S/C26H46N2O6Si/c1-12-14-16-19-21(34-35(10,11)26(6,7)8)17-20(23(30)32-9)28(19)22(29)18(15-13-2)27-24(31)33-25(3,4)5/h12-13,18-21H,1-2,14-17H2,3-11H3,(H,27,31)/t18-,19-,20?,21+/m0/s1. The summed E-state index contributed by atoms with van der Waals surface area (Å²) in [6.07, 6.45) is 4.05. The number of hydrogen-bond acceptors (Lipinski definition) is 6. The van der Waals surface area contributed by atoms with Crippen molar-refractivity contribution in [3.63, 3.8) is 0 Å². The van der Waals surface area contributed by atoms with Crippen molar-refractivity contribution in [3.8, 4) is 0 Å². The second-order valence-electron chi connectivity index (χ2n) is 11.6. The summed E-state index contributed by atoms with van der Waals surface area (Å²) in [6, 6.07) is -2.12. The van der Waals surface area contributed by atoms with Crippen molar-refractivity contribution in [2.75, 3.05) is 7.11 Å². The zero-order chi connectivity index (χ0) is 27.2. The molecule has 1 aliphatic heterocycles. The van der Waals surface area contributed by atoms with Crippen molar-refractivity contribution >= 4 is 26.3 Å². The normalized spacial score (nSPS) is 21.7. The fraction of sp³-hybridized carbons (Fsp3) is 0.731. The molecule has 0 aliphatic carbocycles. The van der Waals surface area contributed by atoms with Gasteiger partial charge in [0.25, 0.3) is 0 Å². The molecule has 200 valence electrons. The van der Waals surface area contributed by atoms with E-state index in [2.05, 4.69) is 52.3 Å². The van der Waals surface area contributed by atoms with E-state index >= 15 is 0 Å². The molecule has 0 bridgehead atoms. The van der Waals surface area contributed by atoms with E-state index in [4.69, 9.17) is 13.9 Å². The molecule has 0 saturated carbocycles. The number of alkyl carbamates (subject to hydrolysis) is 1. The molecule has 1 heterocycles. The molecule has 8 nitrogen and oxygen atoms in total. The highest BCUT2D eigenvalue weighted by Gasteiger charge is 2.52. The summed E-state index contributed by atoms with van der Waals surface area (Å²) in [6.45, 7) is 23.6. The number of rotatable bonds is 10. The summed E-state index contributed by atoms with van der Waals surface area (Å²) in [7, 11) is -0.896. The second kappa shape index (κ2) is 12.2. The van der Waals surface area contributed by atoms with Gasteiger partial charge >= 0.3 is 12.1 Å². The van der Waals surface area contributed by atoms with Crippen LogP contribution in [0.15, 0.2) is 25.3 Å². The lowest BCUT2D eigenvalue weighted by Gasteiger charge is -2.40. The number of carbonyl (C=O) groups is 3. The fourth-order valence-electron chi connectivity index (χ4n) is 3.88. The number of nitrogens with zero attached hydrogens (tertiary/aromatic N) is 1. The number of amides is 2. The van der Waals surface area contributed by atoms with Crippen molar-refractivity contribution in [3.05, 3.63) is 25.3 Å². The van der Waals surface area contributed by atoms with Gasteiger partial charge in [-0.25, -0.2) is 9.59 Å². The molecule has 1 unspecified atom stereocenters. The van der Waals surface area contributed by atoms with Gasteiger partial charge in [0, 0.05) is 6.42 Å². The monoisotopic (exact) mass is 510 g/mol. The Morgan fingerprint density at radius 3 is 2.17 bits per heavy atom. The maximum absolute atomic E-state index is 13.9. The number of ether oxygens (including phenoxy) is 2. The Morgan fingerprint density at radius 2 is 1.71 bits per heavy atom. The third-order valence-corrected chi connectivity index (χ3v) is 11.1. The van der Waals surface area contributed by atoms with Crippen molar-refractivity contribution < 1.29 is 28.3 Å². The quantitative estimate of drug-likeness (QED) is 0.254. The summed E-state index contributed by atoms with van der Waals surface area (Å²) in [5.41, 5.74) is -0.720. The van der Waals surface area contributed by atoms with Crippen LogP contribution in [0.5, 0.6) is 0 Å². The number of allylic oxidation sites excluding steroid dienone is 1. The second-order valence-corrected chi connectivity index (χ2v) is 16.3. The Labute approximate surface area is 212 Å². The third-order valence-electron chi connectivity index (χ3n) is 6.62. The number of carbonyl (C=O) groups excluding carboxylic acids is 3. The zero-order valence-corrected chi connectivity index (χ0v) is 24.1. The van der Waals surface area contributed by atoms with E-state index in [9.17, 15) is 14.4 Å². The highest BCUT2D eigenvalue weighted by Crippen LogP contribution is 2.41. The topological polar surface area (TPSA) is 94.2 Å². The summed E-state index contributed by atoms with van der Waals surface area (Å²) in [5, 5.41) is 2.62. The molecule has 9 heteroatoms. The molecule has 1 saturated heterocycles. The van der Waals surface area contributed by atoms with Gasteiger partial charge in [-0.15, -0.1) is 13.2 Å². The van der Waals surface area contributed by atoms with Gasteiger partial charge in [0.1, 0.15) is 17.7 Å². The minimum absolute atomic E-state index is 0.0438. The van der Waals surface area contributed by atoms with Crippen molar-refractivity contribution in [2.24, 2.45) is 0 Å². The molecule has 0 aromatic carbocycles. The first-order chi connectivity index (χ1) is 16.0. The van der Waals surface area contributed by atoms with E-state index in [1.165, 1.54) is 7.11 Å². The number of esters is 1. The highest BCUT2D eigenvalue weighted by atomic mass is 28.4. The summed E-state index contributed by atoms with van der Waals surface area (Å²) >= 11 is 0. The SMILES string of the molecule is C=CCC[C@H]1[C@H](O[Si](C)(C)C(C)(C)C)CC(C(=O)OC)N1C(=O)[C@H](CC=C)NC(=O)OC(C)(C)C. The Morgan fingerprint density at radius 1 is 1.11 bits per heavy atom. The first-order valence-electron chi connectivity index (χ1n) is 12.3. The molecule has 1 rings (SSSR count). The van der Waals surface area contributed by atoms with E-state index in [1.54, 1.807) is 37.8 Å². The highest BCUT2D eigenvalue weighted by molar-refractivity contribution is 6.74. The van der Waals surface area contributed by atoms with Gasteiger partial charge in [-0.1, -0.05) is 32.9 Å². The summed E-state index contributed by atoms with van der Waals surface area (Å²) in [4.78, 5) is 40.8. The molecule has 0 radical (unpaired) electrons. The van der Waals surface area contributed by atoms with E-state index < -0.39 is 38.1 Å². The lowest BCUT2D eigenvalue weighted by atomic mass is 10.1. The largest absolute Gasteiger partial charge is 0.467 e. The van der Waals surface area contributed by atoms with E-state index in [0.717, 1.165) is 0 Å². The average molecular weight is 511 g/mol. The number of methoxy groups -OCH3 is 1. The molecular formula is C26H46N2O6Si. The van der Waals surface area contributed by atoms with Gasteiger partial charge in [-0.3, -0.25) is 4.79 Å². The average Bonchev–Trinajstić information content (AvgIpc) is 3.05. The lowest BCUT2D eigenvalue weighted by Crippen LogP contribution is -2.56. The van der Waals surface area contributed by atoms with Crippen LogP contribution in [0.2, 0.25) is 18.1 Å². The summed E-state index contributed by atoms with van der Waals surface area (Å²) < 4.78 is 17.2. The number of likely N-dealkylation sites (tertiary alicyclic amines) is 1. The Balaban J connectivity index is 3.40. The van der Waals surface area contributed by atoms with Crippen LogP contribution < -0.4 is 5.32 Å². The van der Waals surface area contributed by atoms with Gasteiger partial charge in [0.15, 0.2) is 8.32 Å². The summed E-state index contributed by atoms with van der Waals surface area (Å²) in [5.74, 6) is -0.889. The maximum Gasteiger partial charge on any atom is 0.408 e. The number of nitrogens with one attached hydrogen (secondary N) is 1. The Kier molecular flexibility index (Phi) is 10.8. The first-order valence-corrected chi connectivity index (χ1v) is 15.2. The van der Waals surface area contributed by atoms with Crippen molar-refractivity contribution in [1.82, 2.24) is 10.2 Å². The molecule has 0 aromatic heterocycles. The number of hydrogen-bond donors (Lipinski definition) is 1. The lowest BCUT2D eigenvalue weighted by molar-refractivity contribution is -0.153. The molecule has 1 N–H and O–H groups in total. The molecule has 1 fully saturated rings. The van der Waals surface area contributed by atoms with Gasteiger partial charge < -0.3 is 24.1 Å².